The van der Waals surface area contributed by atoms with E-state index in [4.69, 9.17) is 0 Å². The lowest BCUT2D eigenvalue weighted by Gasteiger charge is -2.11. The number of rotatable bonds is 2. The van der Waals surface area contributed by atoms with Gasteiger partial charge in [-0.2, -0.15) is 0 Å². The van der Waals surface area contributed by atoms with Crippen LogP contribution in [0.15, 0.2) is 24.5 Å². The molecule has 0 saturated carbocycles. The molecule has 1 aromatic heterocycles. The second kappa shape index (κ2) is 5.18. The zero-order chi connectivity index (χ0) is 14.0. The fourth-order valence-corrected chi connectivity index (χ4v) is 1.84. The largest absolute Gasteiger partial charge is 0.320 e. The molecule has 0 aliphatic rings. The smallest absolute Gasteiger partial charge is 0.274 e. The van der Waals surface area contributed by atoms with Crippen LogP contribution in [0.3, 0.4) is 0 Å². The van der Waals surface area contributed by atoms with Crippen molar-refractivity contribution in [3.8, 4) is 0 Å². The third-order valence-electron chi connectivity index (χ3n) is 3.40. The maximum atomic E-state index is 12.2. The van der Waals surface area contributed by atoms with E-state index < -0.39 is 0 Å². The minimum absolute atomic E-state index is 0.197. The lowest BCUT2D eigenvalue weighted by Crippen LogP contribution is -2.17. The SMILES string of the molecule is Cc1cccc(NC(=O)c2ncnc(C)c2C)c1C. The molecule has 0 aliphatic carbocycles. The summed E-state index contributed by atoms with van der Waals surface area (Å²) in [5, 5.41) is 2.91. The zero-order valence-corrected chi connectivity index (χ0v) is 11.6. The predicted octanol–water partition coefficient (Wildman–Crippen LogP) is 2.96. The van der Waals surface area contributed by atoms with Gasteiger partial charge in [-0.05, 0) is 44.9 Å². The molecule has 0 saturated heterocycles. The maximum absolute atomic E-state index is 12.2. The highest BCUT2D eigenvalue weighted by Crippen LogP contribution is 2.19. The first-order chi connectivity index (χ1) is 9.00. The van der Waals surface area contributed by atoms with E-state index in [1.54, 1.807) is 0 Å². The zero-order valence-electron chi connectivity index (χ0n) is 11.6. The number of hydrogen-bond donors (Lipinski definition) is 1. The van der Waals surface area contributed by atoms with E-state index in [9.17, 15) is 4.79 Å². The van der Waals surface area contributed by atoms with Crippen LogP contribution in [0.25, 0.3) is 0 Å². The Kier molecular flexibility index (Phi) is 3.60. The monoisotopic (exact) mass is 255 g/mol. The second-order valence-corrected chi connectivity index (χ2v) is 4.63. The van der Waals surface area contributed by atoms with Crippen LogP contribution < -0.4 is 5.32 Å². The van der Waals surface area contributed by atoms with Crippen molar-refractivity contribution in [3.05, 3.63) is 52.6 Å². The minimum atomic E-state index is -0.197. The molecule has 0 aliphatic heterocycles. The van der Waals surface area contributed by atoms with E-state index in [1.807, 2.05) is 45.9 Å². The summed E-state index contributed by atoms with van der Waals surface area (Å²) in [4.78, 5) is 20.4. The van der Waals surface area contributed by atoms with Crippen molar-refractivity contribution in [1.82, 2.24) is 9.97 Å². The molecule has 0 unspecified atom stereocenters. The van der Waals surface area contributed by atoms with Gasteiger partial charge in [0.25, 0.3) is 5.91 Å². The molecule has 0 spiro atoms. The number of benzene rings is 1. The molecule has 1 heterocycles. The molecule has 19 heavy (non-hydrogen) atoms. The Morgan fingerprint density at radius 3 is 2.53 bits per heavy atom. The van der Waals surface area contributed by atoms with Gasteiger partial charge in [0.1, 0.15) is 12.0 Å². The normalized spacial score (nSPS) is 10.3. The number of anilines is 1. The molecule has 4 nitrogen and oxygen atoms in total. The van der Waals surface area contributed by atoms with Gasteiger partial charge in [-0.25, -0.2) is 9.97 Å². The van der Waals surface area contributed by atoms with Gasteiger partial charge in [-0.15, -0.1) is 0 Å². The molecule has 4 heteroatoms. The van der Waals surface area contributed by atoms with Gasteiger partial charge in [0.05, 0.1) is 0 Å². The molecule has 1 amide bonds. The third-order valence-corrected chi connectivity index (χ3v) is 3.40. The van der Waals surface area contributed by atoms with Crippen LogP contribution in [0, 0.1) is 27.7 Å². The summed E-state index contributed by atoms with van der Waals surface area (Å²) in [6.07, 6.45) is 1.42. The van der Waals surface area contributed by atoms with E-state index in [1.165, 1.54) is 6.33 Å². The maximum Gasteiger partial charge on any atom is 0.274 e. The quantitative estimate of drug-likeness (QED) is 0.897. The third kappa shape index (κ3) is 2.62. The van der Waals surface area contributed by atoms with Crippen molar-refractivity contribution in [2.45, 2.75) is 27.7 Å². The molecule has 2 aromatic rings. The van der Waals surface area contributed by atoms with Gasteiger partial charge in [-0.1, -0.05) is 12.1 Å². The van der Waals surface area contributed by atoms with Crippen LogP contribution in [0.4, 0.5) is 5.69 Å². The van der Waals surface area contributed by atoms with Crippen LogP contribution in [-0.4, -0.2) is 15.9 Å². The van der Waals surface area contributed by atoms with Gasteiger partial charge in [0, 0.05) is 16.9 Å². The van der Waals surface area contributed by atoms with Gasteiger partial charge >= 0.3 is 0 Å². The Hall–Kier alpha value is -2.23. The Morgan fingerprint density at radius 1 is 1.05 bits per heavy atom. The molecule has 0 bridgehead atoms. The van der Waals surface area contributed by atoms with E-state index in [0.717, 1.165) is 28.1 Å². The summed E-state index contributed by atoms with van der Waals surface area (Å²) in [6, 6.07) is 5.84. The second-order valence-electron chi connectivity index (χ2n) is 4.63. The molecule has 0 fully saturated rings. The van der Waals surface area contributed by atoms with Gasteiger partial charge in [0.15, 0.2) is 0 Å². The summed E-state index contributed by atoms with van der Waals surface area (Å²) in [7, 11) is 0. The van der Waals surface area contributed by atoms with Crippen molar-refractivity contribution >= 4 is 11.6 Å². The van der Waals surface area contributed by atoms with Gasteiger partial charge < -0.3 is 5.32 Å². The van der Waals surface area contributed by atoms with Gasteiger partial charge in [0.2, 0.25) is 0 Å². The Bertz CT molecular complexity index is 635. The van der Waals surface area contributed by atoms with Crippen molar-refractivity contribution in [2.24, 2.45) is 0 Å². The Morgan fingerprint density at radius 2 is 1.79 bits per heavy atom. The first kappa shape index (κ1) is 13.2. The van der Waals surface area contributed by atoms with E-state index in [-0.39, 0.29) is 5.91 Å². The standard InChI is InChI=1S/C15H17N3O/c1-9-6-5-7-13(10(9)2)18-15(19)14-11(3)12(4)16-8-17-14/h5-8H,1-4H3,(H,18,19). The molecule has 1 N–H and O–H groups in total. The number of nitrogens with one attached hydrogen (secondary N) is 1. The van der Waals surface area contributed by atoms with Crippen LogP contribution >= 0.6 is 0 Å². The Labute approximate surface area is 112 Å². The molecule has 98 valence electrons. The predicted molar refractivity (Wildman–Crippen MR) is 75.4 cm³/mol. The number of carbonyl (C=O) groups excluding carboxylic acids is 1. The van der Waals surface area contributed by atoms with Crippen molar-refractivity contribution in [3.63, 3.8) is 0 Å². The molecule has 0 atom stereocenters. The average molecular weight is 255 g/mol. The van der Waals surface area contributed by atoms with E-state index in [0.29, 0.717) is 5.69 Å². The molecule has 1 aromatic carbocycles. The average Bonchev–Trinajstić information content (AvgIpc) is 2.38. The summed E-state index contributed by atoms with van der Waals surface area (Å²) < 4.78 is 0. The number of aromatic nitrogens is 2. The first-order valence-electron chi connectivity index (χ1n) is 6.16. The minimum Gasteiger partial charge on any atom is -0.320 e. The topological polar surface area (TPSA) is 54.9 Å². The highest BCUT2D eigenvalue weighted by molar-refractivity contribution is 6.04. The number of aryl methyl sites for hydroxylation is 2. The fraction of sp³-hybridized carbons (Fsp3) is 0.267. The van der Waals surface area contributed by atoms with Crippen LogP contribution in [0.2, 0.25) is 0 Å². The fourth-order valence-electron chi connectivity index (χ4n) is 1.84. The molecular weight excluding hydrogens is 238 g/mol. The molecule has 2 rings (SSSR count). The summed E-state index contributed by atoms with van der Waals surface area (Å²) >= 11 is 0. The lowest BCUT2D eigenvalue weighted by atomic mass is 10.1. The van der Waals surface area contributed by atoms with Crippen LogP contribution in [-0.2, 0) is 0 Å². The van der Waals surface area contributed by atoms with Crippen LogP contribution in [0.5, 0.6) is 0 Å². The van der Waals surface area contributed by atoms with Gasteiger partial charge in [-0.3, -0.25) is 4.79 Å². The summed E-state index contributed by atoms with van der Waals surface area (Å²) in [5.41, 5.74) is 5.09. The first-order valence-corrected chi connectivity index (χ1v) is 6.16. The molecular formula is C15H17N3O. The number of carbonyl (C=O) groups is 1. The Balaban J connectivity index is 2.31. The number of amides is 1. The van der Waals surface area contributed by atoms with E-state index >= 15 is 0 Å². The lowest BCUT2D eigenvalue weighted by molar-refractivity contribution is 0.102. The highest BCUT2D eigenvalue weighted by Gasteiger charge is 2.14. The summed E-state index contributed by atoms with van der Waals surface area (Å²) in [5.74, 6) is -0.197. The molecule has 0 radical (unpaired) electrons. The summed E-state index contributed by atoms with van der Waals surface area (Å²) in [6.45, 7) is 7.73. The highest BCUT2D eigenvalue weighted by atomic mass is 16.1. The van der Waals surface area contributed by atoms with E-state index in [2.05, 4.69) is 15.3 Å². The van der Waals surface area contributed by atoms with Crippen molar-refractivity contribution in [2.75, 3.05) is 5.32 Å². The van der Waals surface area contributed by atoms with Crippen LogP contribution in [0.1, 0.15) is 32.9 Å². The van der Waals surface area contributed by atoms with Crippen molar-refractivity contribution in [1.29, 1.82) is 0 Å². The van der Waals surface area contributed by atoms with Crippen molar-refractivity contribution < 1.29 is 4.79 Å². The number of nitrogens with zero attached hydrogens (tertiary/aromatic N) is 2. The number of hydrogen-bond acceptors (Lipinski definition) is 3.